The summed E-state index contributed by atoms with van der Waals surface area (Å²) in [6.07, 6.45) is 4.15. The predicted octanol–water partition coefficient (Wildman–Crippen LogP) is 4.67. The molecule has 0 fully saturated rings. The average molecular weight is 273 g/mol. The summed E-state index contributed by atoms with van der Waals surface area (Å²) in [6.45, 7) is 0. The molecule has 0 radical (unpaired) electrons. The fourth-order valence-corrected chi connectivity index (χ4v) is 4.97. The Hall–Kier alpha value is 0.980. The van der Waals surface area contributed by atoms with Crippen molar-refractivity contribution >= 4 is 58.1 Å². The van der Waals surface area contributed by atoms with Crippen LogP contribution in [0.15, 0.2) is 8.42 Å². The fraction of sp³-hybridized carbons (Fsp3) is 0.500. The maximum Gasteiger partial charge on any atom is 0.0655 e. The standard InChI is InChI=1S/C8H10Cl2S3/c1-11-7-5(3-9)6(4-10)8(12-2)13-7/h3-4H2,1-2H3. The SMILES string of the molecule is CSc1sc(SC)c(CCl)c1CCl. The van der Waals surface area contributed by atoms with E-state index in [1.165, 1.54) is 19.5 Å². The van der Waals surface area contributed by atoms with E-state index in [-0.39, 0.29) is 0 Å². The molecule has 1 aromatic rings. The van der Waals surface area contributed by atoms with Crippen molar-refractivity contribution in [1.82, 2.24) is 0 Å². The van der Waals surface area contributed by atoms with E-state index in [2.05, 4.69) is 12.5 Å². The maximum absolute atomic E-state index is 5.89. The van der Waals surface area contributed by atoms with Gasteiger partial charge < -0.3 is 0 Å². The Bertz CT molecular complexity index is 257. The molecule has 0 nitrogen and oxygen atoms in total. The van der Waals surface area contributed by atoms with Crippen molar-refractivity contribution in [3.8, 4) is 0 Å². The summed E-state index contributed by atoms with van der Waals surface area (Å²) in [4.78, 5) is 0. The lowest BCUT2D eigenvalue weighted by molar-refractivity contribution is 1.22. The minimum absolute atomic E-state index is 0.565. The molecule has 74 valence electrons. The summed E-state index contributed by atoms with van der Waals surface area (Å²) in [7, 11) is 0. The van der Waals surface area contributed by atoms with Gasteiger partial charge in [-0.05, 0) is 23.6 Å². The van der Waals surface area contributed by atoms with Gasteiger partial charge in [0.1, 0.15) is 0 Å². The van der Waals surface area contributed by atoms with E-state index in [1.807, 2.05) is 0 Å². The quantitative estimate of drug-likeness (QED) is 0.577. The lowest BCUT2D eigenvalue weighted by Crippen LogP contribution is -1.84. The summed E-state index contributed by atoms with van der Waals surface area (Å²) >= 11 is 17.1. The molecule has 0 unspecified atom stereocenters. The van der Waals surface area contributed by atoms with Gasteiger partial charge in [0.25, 0.3) is 0 Å². The van der Waals surface area contributed by atoms with E-state index in [0.717, 1.165) is 0 Å². The first-order chi connectivity index (χ1) is 6.28. The number of alkyl halides is 2. The van der Waals surface area contributed by atoms with Crippen LogP contribution in [-0.4, -0.2) is 12.5 Å². The van der Waals surface area contributed by atoms with E-state index >= 15 is 0 Å². The number of thioether (sulfide) groups is 2. The molecule has 0 bridgehead atoms. The van der Waals surface area contributed by atoms with Crippen LogP contribution < -0.4 is 0 Å². The maximum atomic E-state index is 5.89. The summed E-state index contributed by atoms with van der Waals surface area (Å²) < 4.78 is 2.60. The zero-order valence-corrected chi connectivity index (χ0v) is 11.4. The van der Waals surface area contributed by atoms with Crippen molar-refractivity contribution in [2.45, 2.75) is 20.2 Å². The number of hydrogen-bond acceptors (Lipinski definition) is 3. The van der Waals surface area contributed by atoms with Crippen LogP contribution in [0.3, 0.4) is 0 Å². The van der Waals surface area contributed by atoms with Crippen LogP contribution in [0, 0.1) is 0 Å². The minimum Gasteiger partial charge on any atom is -0.122 e. The second-order valence-electron chi connectivity index (χ2n) is 2.31. The van der Waals surface area contributed by atoms with Crippen LogP contribution >= 0.6 is 58.1 Å². The van der Waals surface area contributed by atoms with Gasteiger partial charge in [-0.15, -0.1) is 58.1 Å². The van der Waals surface area contributed by atoms with Crippen LogP contribution in [0.5, 0.6) is 0 Å². The molecule has 0 aliphatic heterocycles. The van der Waals surface area contributed by atoms with Crippen LogP contribution in [0.25, 0.3) is 0 Å². The number of rotatable bonds is 4. The van der Waals surface area contributed by atoms with Gasteiger partial charge >= 0.3 is 0 Å². The molecule has 5 heteroatoms. The summed E-state index contributed by atoms with van der Waals surface area (Å²) in [5.74, 6) is 1.13. The van der Waals surface area contributed by atoms with Crippen LogP contribution in [0.1, 0.15) is 11.1 Å². The molecular weight excluding hydrogens is 263 g/mol. The first kappa shape index (κ1) is 12.1. The van der Waals surface area contributed by atoms with Crippen molar-refractivity contribution in [3.63, 3.8) is 0 Å². The van der Waals surface area contributed by atoms with Crippen LogP contribution in [-0.2, 0) is 11.8 Å². The highest BCUT2D eigenvalue weighted by atomic mass is 35.5. The van der Waals surface area contributed by atoms with Gasteiger partial charge in [-0.3, -0.25) is 0 Å². The van der Waals surface area contributed by atoms with Crippen LogP contribution in [0.4, 0.5) is 0 Å². The zero-order valence-electron chi connectivity index (χ0n) is 7.39. The first-order valence-corrected chi connectivity index (χ1v) is 7.96. The van der Waals surface area contributed by atoms with Gasteiger partial charge in [-0.25, -0.2) is 0 Å². The van der Waals surface area contributed by atoms with Gasteiger partial charge in [-0.1, -0.05) is 0 Å². The van der Waals surface area contributed by atoms with E-state index in [4.69, 9.17) is 23.2 Å². The Morgan fingerprint density at radius 3 is 1.62 bits per heavy atom. The Morgan fingerprint density at radius 2 is 1.38 bits per heavy atom. The molecule has 13 heavy (non-hydrogen) atoms. The Labute approximate surface area is 101 Å². The van der Waals surface area contributed by atoms with E-state index in [9.17, 15) is 0 Å². The highest BCUT2D eigenvalue weighted by Crippen LogP contribution is 2.41. The lowest BCUT2D eigenvalue weighted by Gasteiger charge is -1.99. The van der Waals surface area contributed by atoms with Gasteiger partial charge in [-0.2, -0.15) is 0 Å². The van der Waals surface area contributed by atoms with Crippen molar-refractivity contribution in [2.24, 2.45) is 0 Å². The average Bonchev–Trinajstić information content (AvgIpc) is 2.54. The molecule has 0 aliphatic rings. The Kier molecular flexibility index (Phi) is 5.34. The van der Waals surface area contributed by atoms with E-state index in [1.54, 1.807) is 34.9 Å². The molecular formula is C8H10Cl2S3. The highest BCUT2D eigenvalue weighted by Gasteiger charge is 2.15. The Balaban J connectivity index is 3.17. The van der Waals surface area contributed by atoms with Gasteiger partial charge in [0.15, 0.2) is 0 Å². The molecule has 0 aromatic carbocycles. The third-order valence-electron chi connectivity index (χ3n) is 1.68. The molecule has 0 aliphatic carbocycles. The first-order valence-electron chi connectivity index (χ1n) is 3.62. The molecule has 0 saturated heterocycles. The summed E-state index contributed by atoms with van der Waals surface area (Å²) in [5, 5.41) is 0. The summed E-state index contributed by atoms with van der Waals surface area (Å²) in [6, 6.07) is 0. The second-order valence-corrected chi connectivity index (χ2v) is 6.01. The second kappa shape index (κ2) is 5.76. The van der Waals surface area contributed by atoms with Crippen molar-refractivity contribution in [3.05, 3.63) is 11.1 Å². The number of thiophene rings is 1. The van der Waals surface area contributed by atoms with Crippen molar-refractivity contribution in [2.75, 3.05) is 12.5 Å². The third kappa shape index (κ3) is 2.51. The molecule has 1 aromatic heterocycles. The number of hydrogen-bond donors (Lipinski definition) is 0. The minimum atomic E-state index is 0.565. The van der Waals surface area contributed by atoms with Crippen molar-refractivity contribution in [1.29, 1.82) is 0 Å². The molecule has 0 saturated carbocycles. The molecule has 0 N–H and O–H groups in total. The van der Waals surface area contributed by atoms with Gasteiger partial charge in [0.2, 0.25) is 0 Å². The van der Waals surface area contributed by atoms with Crippen molar-refractivity contribution < 1.29 is 0 Å². The predicted molar refractivity (Wildman–Crippen MR) is 67.0 cm³/mol. The van der Waals surface area contributed by atoms with Crippen LogP contribution in [0.2, 0.25) is 0 Å². The van der Waals surface area contributed by atoms with E-state index in [0.29, 0.717) is 11.8 Å². The molecule has 1 heterocycles. The molecule has 0 atom stereocenters. The Morgan fingerprint density at radius 1 is 1.00 bits per heavy atom. The fourth-order valence-electron chi connectivity index (χ4n) is 1.05. The molecule has 1 rings (SSSR count). The smallest absolute Gasteiger partial charge is 0.0655 e. The molecule has 0 spiro atoms. The third-order valence-corrected chi connectivity index (χ3v) is 5.81. The zero-order chi connectivity index (χ0) is 9.84. The lowest BCUT2D eigenvalue weighted by atomic mass is 10.2. The highest BCUT2D eigenvalue weighted by molar-refractivity contribution is 8.02. The topological polar surface area (TPSA) is 0 Å². The largest absolute Gasteiger partial charge is 0.122 e. The van der Waals surface area contributed by atoms with Gasteiger partial charge in [0.05, 0.1) is 8.42 Å². The summed E-state index contributed by atoms with van der Waals surface area (Å²) in [5.41, 5.74) is 2.44. The normalized spacial score (nSPS) is 10.8. The monoisotopic (exact) mass is 272 g/mol. The number of halogens is 2. The molecule has 0 amide bonds. The van der Waals surface area contributed by atoms with Gasteiger partial charge in [0, 0.05) is 11.8 Å². The van der Waals surface area contributed by atoms with E-state index < -0.39 is 0 Å².